The highest BCUT2D eigenvalue weighted by Gasteiger charge is 2.33. The normalized spacial score (nSPS) is 15.1. The Morgan fingerprint density at radius 1 is 1.21 bits per heavy atom. The number of nitrogens with one attached hydrogen (secondary N) is 1. The first kappa shape index (κ1) is 24.0. The number of pyridine rings is 1. The molecule has 1 aliphatic rings. The third-order valence-electron chi connectivity index (χ3n) is 5.47. The van der Waals surface area contributed by atoms with Gasteiger partial charge in [-0.15, -0.1) is 0 Å². The van der Waals surface area contributed by atoms with Gasteiger partial charge in [-0.1, -0.05) is 6.07 Å². The summed E-state index contributed by atoms with van der Waals surface area (Å²) in [5.41, 5.74) is -0.368. The second-order valence-corrected chi connectivity index (χ2v) is 8.85. The smallest absolute Gasteiger partial charge is 0.390 e. The van der Waals surface area contributed by atoms with E-state index in [0.29, 0.717) is 45.0 Å². The predicted octanol–water partition coefficient (Wildman–Crippen LogP) is 3.70. The molecular weight excluding hydrogens is 451 g/mol. The van der Waals surface area contributed by atoms with E-state index in [0.717, 1.165) is 28.7 Å². The minimum absolute atomic E-state index is 0.330. The third kappa shape index (κ3) is 5.65. The number of aliphatic hydroxyl groups is 1. The van der Waals surface area contributed by atoms with Crippen molar-refractivity contribution in [2.24, 2.45) is 0 Å². The Morgan fingerprint density at radius 2 is 1.94 bits per heavy atom. The molecule has 2 N–H and O–H groups in total. The molecule has 8 nitrogen and oxygen atoms in total. The molecule has 0 radical (unpaired) electrons. The summed E-state index contributed by atoms with van der Waals surface area (Å²) < 4.78 is 46.2. The van der Waals surface area contributed by atoms with Crippen LogP contribution in [-0.4, -0.2) is 57.7 Å². The van der Waals surface area contributed by atoms with Crippen molar-refractivity contribution in [2.45, 2.75) is 38.6 Å². The number of amides is 1. The van der Waals surface area contributed by atoms with E-state index < -0.39 is 23.4 Å². The first-order valence-corrected chi connectivity index (χ1v) is 10.9. The van der Waals surface area contributed by atoms with Gasteiger partial charge < -0.3 is 20.1 Å². The highest BCUT2D eigenvalue weighted by Crippen LogP contribution is 2.32. The first-order valence-electron chi connectivity index (χ1n) is 10.9. The molecule has 3 heterocycles. The molecular formula is C23H26F3N5O3. The Kier molecular flexibility index (Phi) is 6.50. The number of benzene rings is 1. The van der Waals surface area contributed by atoms with Crippen LogP contribution in [0.1, 0.15) is 36.5 Å². The topological polar surface area (TPSA) is 92.5 Å². The van der Waals surface area contributed by atoms with Crippen LogP contribution in [0.15, 0.2) is 36.5 Å². The van der Waals surface area contributed by atoms with Crippen LogP contribution in [0, 0.1) is 0 Å². The highest BCUT2D eigenvalue weighted by atomic mass is 19.4. The molecule has 1 aromatic carbocycles. The molecule has 34 heavy (non-hydrogen) atoms. The minimum atomic E-state index is -4.64. The van der Waals surface area contributed by atoms with Crippen LogP contribution < -0.4 is 10.2 Å². The third-order valence-corrected chi connectivity index (χ3v) is 5.47. The quantitative estimate of drug-likeness (QED) is 0.563. The lowest BCUT2D eigenvalue weighted by atomic mass is 10.1. The number of carbonyl (C=O) groups is 1. The molecule has 0 saturated carbocycles. The van der Waals surface area contributed by atoms with Crippen molar-refractivity contribution in [2.75, 3.05) is 36.5 Å². The molecule has 1 aliphatic heterocycles. The fraction of sp³-hybridized carbons (Fsp3) is 0.435. The summed E-state index contributed by atoms with van der Waals surface area (Å²) in [5, 5.41) is 18.2. The Bertz CT molecular complexity index is 1180. The van der Waals surface area contributed by atoms with Gasteiger partial charge in [-0.05, 0) is 44.5 Å². The lowest BCUT2D eigenvalue weighted by Gasteiger charge is -2.29. The summed E-state index contributed by atoms with van der Waals surface area (Å²) in [6, 6.07) is 6.69. The van der Waals surface area contributed by atoms with Gasteiger partial charge >= 0.3 is 6.18 Å². The Labute approximate surface area is 194 Å². The summed E-state index contributed by atoms with van der Waals surface area (Å²) in [6.07, 6.45) is -2.32. The van der Waals surface area contributed by atoms with E-state index in [1.807, 2.05) is 6.20 Å². The number of aryl methyl sites for hydroxylation is 1. The molecule has 0 aliphatic carbocycles. The molecule has 2 aromatic heterocycles. The number of anilines is 2. The molecule has 1 amide bonds. The van der Waals surface area contributed by atoms with Gasteiger partial charge in [0.05, 0.1) is 24.5 Å². The number of alkyl halides is 3. The number of ether oxygens (including phenoxy) is 1. The molecule has 182 valence electrons. The van der Waals surface area contributed by atoms with E-state index in [1.54, 1.807) is 30.7 Å². The summed E-state index contributed by atoms with van der Waals surface area (Å²) in [6.45, 7) is 6.32. The summed E-state index contributed by atoms with van der Waals surface area (Å²) in [4.78, 5) is 18.3. The lowest BCUT2D eigenvalue weighted by Crippen LogP contribution is -2.36. The minimum Gasteiger partial charge on any atom is -0.390 e. The lowest BCUT2D eigenvalue weighted by molar-refractivity contribution is -0.141. The van der Waals surface area contributed by atoms with Crippen LogP contribution in [0.2, 0.25) is 0 Å². The number of nitrogens with zero attached hydrogens (tertiary/aromatic N) is 4. The second-order valence-electron chi connectivity index (χ2n) is 8.85. The number of aromatic nitrogens is 3. The van der Waals surface area contributed by atoms with Crippen LogP contribution in [-0.2, 0) is 17.5 Å². The fourth-order valence-electron chi connectivity index (χ4n) is 3.70. The van der Waals surface area contributed by atoms with Crippen molar-refractivity contribution in [3.05, 3.63) is 47.9 Å². The van der Waals surface area contributed by atoms with Gasteiger partial charge in [0.2, 0.25) is 0 Å². The number of fused-ring (bicyclic) bond motifs is 1. The maximum atomic E-state index is 13.0. The van der Waals surface area contributed by atoms with Crippen molar-refractivity contribution in [3.8, 4) is 0 Å². The van der Waals surface area contributed by atoms with Crippen molar-refractivity contribution in [1.29, 1.82) is 0 Å². The zero-order valence-corrected chi connectivity index (χ0v) is 18.9. The van der Waals surface area contributed by atoms with Crippen molar-refractivity contribution < 1.29 is 27.8 Å². The van der Waals surface area contributed by atoms with Crippen LogP contribution in [0.5, 0.6) is 0 Å². The maximum Gasteiger partial charge on any atom is 0.433 e. The molecule has 11 heteroatoms. The molecule has 0 atom stereocenters. The van der Waals surface area contributed by atoms with Gasteiger partial charge in [0, 0.05) is 36.9 Å². The highest BCUT2D eigenvalue weighted by molar-refractivity contribution is 6.05. The molecule has 4 rings (SSSR count). The van der Waals surface area contributed by atoms with E-state index in [-0.39, 0.29) is 5.69 Å². The van der Waals surface area contributed by atoms with E-state index in [4.69, 9.17) is 4.74 Å². The summed E-state index contributed by atoms with van der Waals surface area (Å²) in [5.74, 6) is -0.743. The number of rotatable bonds is 6. The van der Waals surface area contributed by atoms with Crippen LogP contribution in [0.4, 0.5) is 24.5 Å². The van der Waals surface area contributed by atoms with Crippen molar-refractivity contribution in [3.63, 3.8) is 0 Å². The SMILES string of the molecule is CC(C)(O)CCn1cc2cc(NC(=O)c3cccc(C(F)(F)F)n3)cc(N3CCOCC3)c2n1. The van der Waals surface area contributed by atoms with E-state index in [2.05, 4.69) is 20.3 Å². The molecule has 0 spiro atoms. The predicted molar refractivity (Wildman–Crippen MR) is 121 cm³/mol. The average Bonchev–Trinajstić information content (AvgIpc) is 3.20. The molecule has 0 unspecified atom stereocenters. The van der Waals surface area contributed by atoms with Crippen LogP contribution in [0.25, 0.3) is 10.9 Å². The summed E-state index contributed by atoms with van der Waals surface area (Å²) in [7, 11) is 0. The Hall–Kier alpha value is -3.18. The zero-order chi connectivity index (χ0) is 24.5. The Morgan fingerprint density at radius 3 is 2.62 bits per heavy atom. The van der Waals surface area contributed by atoms with Gasteiger partial charge in [-0.2, -0.15) is 18.3 Å². The summed E-state index contributed by atoms with van der Waals surface area (Å²) >= 11 is 0. The van der Waals surface area contributed by atoms with Gasteiger partial charge in [0.1, 0.15) is 16.9 Å². The van der Waals surface area contributed by atoms with Gasteiger partial charge in [-0.25, -0.2) is 4.98 Å². The van der Waals surface area contributed by atoms with E-state index >= 15 is 0 Å². The largest absolute Gasteiger partial charge is 0.433 e. The number of carbonyl (C=O) groups excluding carboxylic acids is 1. The number of halogens is 3. The number of hydrogen-bond donors (Lipinski definition) is 2. The van der Waals surface area contributed by atoms with E-state index in [1.165, 1.54) is 6.07 Å². The molecule has 0 bridgehead atoms. The van der Waals surface area contributed by atoms with Gasteiger partial charge in [0.25, 0.3) is 5.91 Å². The van der Waals surface area contributed by atoms with Gasteiger partial charge in [0.15, 0.2) is 0 Å². The first-order chi connectivity index (χ1) is 16.0. The standard InChI is InChI=1S/C23H26F3N5O3/c1-22(2,33)6-7-31-14-15-12-16(13-18(20(15)29-31)30-8-10-34-11-9-30)27-21(32)17-4-3-5-19(28-17)23(24,25)26/h3-5,12-14,33H,6-11H2,1-2H3,(H,27,32). The Balaban J connectivity index is 1.66. The van der Waals surface area contributed by atoms with Crippen molar-refractivity contribution in [1.82, 2.24) is 14.8 Å². The molecule has 3 aromatic rings. The fourth-order valence-corrected chi connectivity index (χ4v) is 3.70. The van der Waals surface area contributed by atoms with Gasteiger partial charge in [-0.3, -0.25) is 9.48 Å². The zero-order valence-electron chi connectivity index (χ0n) is 18.9. The van der Waals surface area contributed by atoms with Crippen molar-refractivity contribution >= 4 is 28.2 Å². The number of morpholine rings is 1. The van der Waals surface area contributed by atoms with Crippen LogP contribution >= 0.6 is 0 Å². The maximum absolute atomic E-state index is 13.0. The van der Waals surface area contributed by atoms with E-state index in [9.17, 15) is 23.1 Å². The molecule has 1 saturated heterocycles. The number of hydrogen-bond acceptors (Lipinski definition) is 6. The average molecular weight is 477 g/mol. The monoisotopic (exact) mass is 477 g/mol. The second kappa shape index (κ2) is 9.22. The molecule has 1 fully saturated rings. The van der Waals surface area contributed by atoms with Crippen LogP contribution in [0.3, 0.4) is 0 Å².